The summed E-state index contributed by atoms with van der Waals surface area (Å²) >= 11 is 0. The van der Waals surface area contributed by atoms with Crippen LogP contribution in [0.1, 0.15) is 0 Å². The molecule has 0 spiro atoms. The van der Waals surface area contributed by atoms with Crippen LogP contribution in [0.4, 0.5) is 0 Å². The smallest absolute Gasteiger partial charge is 0.244 e. The third kappa shape index (κ3) is 1.98. The number of pyridine rings is 1. The van der Waals surface area contributed by atoms with E-state index in [-0.39, 0.29) is 0 Å². The molecule has 0 aliphatic carbocycles. The summed E-state index contributed by atoms with van der Waals surface area (Å²) in [5.74, 6) is 0. The van der Waals surface area contributed by atoms with Gasteiger partial charge in [-0.15, -0.1) is 0 Å². The van der Waals surface area contributed by atoms with Crippen LogP contribution in [0.2, 0.25) is 0 Å². The molecule has 8 heteroatoms. The molecule has 5 nitrogen and oxygen atoms in total. The first-order valence-corrected chi connectivity index (χ1v) is 7.27. The fraction of sp³-hybridized carbons (Fsp3) is 0. The summed E-state index contributed by atoms with van der Waals surface area (Å²) < 4.78 is 43.3. The van der Waals surface area contributed by atoms with Crippen LogP contribution in [0.5, 0.6) is 0 Å². The van der Waals surface area contributed by atoms with Crippen molar-refractivity contribution >= 4 is 27.6 Å². The molecular weight excluding hydrogens is 238 g/mol. The van der Waals surface area contributed by atoms with Gasteiger partial charge in [-0.1, -0.05) is 6.07 Å². The third-order valence-electron chi connectivity index (χ3n) is 1.16. The summed E-state index contributed by atoms with van der Waals surface area (Å²) in [4.78, 5) is 3.37. The van der Waals surface area contributed by atoms with Crippen LogP contribution >= 0.6 is 10.7 Å². The Morgan fingerprint density at radius 3 is 2.15 bits per heavy atom. The van der Waals surface area contributed by atoms with Gasteiger partial charge in [-0.3, -0.25) is 0 Å². The molecule has 0 aromatic carbocycles. The van der Waals surface area contributed by atoms with Gasteiger partial charge in [0.25, 0.3) is 0 Å². The third-order valence-corrected chi connectivity index (χ3v) is 6.01. The molecule has 0 fully saturated rings. The second-order valence-electron chi connectivity index (χ2n) is 2.02. The molecule has 0 unspecified atom stereocenters. The molecule has 1 heterocycles. The number of rotatable bonds is 2. The van der Waals surface area contributed by atoms with E-state index in [1.165, 1.54) is 12.1 Å². The maximum absolute atomic E-state index is 11.1. The topological polar surface area (TPSA) is 81.2 Å². The van der Waals surface area contributed by atoms with Crippen molar-refractivity contribution in [1.82, 2.24) is 4.98 Å². The molecule has 0 saturated heterocycles. The lowest BCUT2D eigenvalue weighted by atomic mass is 10.5. The second kappa shape index (κ2) is 3.24. The van der Waals surface area contributed by atoms with Crippen molar-refractivity contribution in [1.29, 1.82) is 0 Å². The van der Waals surface area contributed by atoms with Gasteiger partial charge in [-0.25, -0.2) is 13.4 Å². The Bertz CT molecular complexity index is 493. The molecule has 0 aliphatic rings. The molecule has 1 aromatic heterocycles. The van der Waals surface area contributed by atoms with Crippen LogP contribution in [-0.4, -0.2) is 21.8 Å². The number of hydrogen-bond acceptors (Lipinski definition) is 5. The summed E-state index contributed by atoms with van der Waals surface area (Å²) in [7, 11) is -4.52. The van der Waals surface area contributed by atoms with Crippen LogP contribution in [-0.2, 0) is 17.0 Å². The fourth-order valence-corrected chi connectivity index (χ4v) is 2.72. The van der Waals surface area contributed by atoms with Gasteiger partial charge in [0, 0.05) is 16.9 Å². The van der Waals surface area contributed by atoms with Gasteiger partial charge in [0.1, 0.15) is 0 Å². The zero-order valence-corrected chi connectivity index (χ0v) is 8.47. The zero-order valence-electron chi connectivity index (χ0n) is 6.08. The van der Waals surface area contributed by atoms with E-state index in [4.69, 9.17) is 10.7 Å². The van der Waals surface area contributed by atoms with Gasteiger partial charge >= 0.3 is 17.0 Å². The minimum absolute atomic E-state index is 0.579. The van der Waals surface area contributed by atoms with Crippen molar-refractivity contribution in [2.75, 3.05) is 0 Å². The van der Waals surface area contributed by atoms with E-state index in [1.54, 1.807) is 0 Å². The first kappa shape index (κ1) is 10.4. The summed E-state index contributed by atoms with van der Waals surface area (Å²) in [6, 6.07) is 3.86. The number of halogens is 1. The van der Waals surface area contributed by atoms with Crippen LogP contribution in [0.3, 0.4) is 0 Å². The van der Waals surface area contributed by atoms with Crippen LogP contribution in [0, 0.1) is 0 Å². The lowest BCUT2D eigenvalue weighted by molar-refractivity contribution is 0.587. The molecule has 0 saturated carbocycles. The highest BCUT2D eigenvalue weighted by Gasteiger charge is 2.30. The van der Waals surface area contributed by atoms with Crippen molar-refractivity contribution in [2.45, 2.75) is 5.03 Å². The Balaban J connectivity index is 3.43. The standard InChI is InChI=1S/C5H4ClNO4S2/c6-13(10,11)12(8,9)5-3-1-2-4-7-5/h1-4H. The fourth-order valence-electron chi connectivity index (χ4n) is 0.597. The summed E-state index contributed by atoms with van der Waals surface area (Å²) in [6.45, 7) is 0. The molecular formula is C5H4ClNO4S2. The molecule has 0 radical (unpaired) electrons. The van der Waals surface area contributed by atoms with E-state index >= 15 is 0 Å². The van der Waals surface area contributed by atoms with Crippen molar-refractivity contribution in [3.63, 3.8) is 0 Å². The first-order valence-electron chi connectivity index (χ1n) is 2.96. The van der Waals surface area contributed by atoms with Gasteiger partial charge in [-0.2, -0.15) is 8.42 Å². The second-order valence-corrected chi connectivity index (χ2v) is 8.53. The van der Waals surface area contributed by atoms with Crippen molar-refractivity contribution in [3.8, 4) is 0 Å². The summed E-state index contributed by atoms with van der Waals surface area (Å²) in [5, 5.41) is -0.579. The van der Waals surface area contributed by atoms with E-state index < -0.39 is 22.0 Å². The van der Waals surface area contributed by atoms with Gasteiger partial charge in [0.15, 0.2) is 5.03 Å². The molecule has 0 N–H and O–H groups in total. The summed E-state index contributed by atoms with van der Waals surface area (Å²) in [6.07, 6.45) is 1.16. The minimum atomic E-state index is -4.67. The van der Waals surface area contributed by atoms with Gasteiger partial charge in [0.2, 0.25) is 0 Å². The van der Waals surface area contributed by atoms with E-state index in [0.29, 0.717) is 0 Å². The van der Waals surface area contributed by atoms with Crippen LogP contribution in [0.25, 0.3) is 0 Å². The Kier molecular flexibility index (Phi) is 2.60. The zero-order chi connectivity index (χ0) is 10.1. The van der Waals surface area contributed by atoms with Crippen LogP contribution < -0.4 is 0 Å². The predicted octanol–water partition coefficient (Wildman–Crippen LogP) is 0.339. The highest BCUT2D eigenvalue weighted by atomic mass is 35.8. The molecule has 0 bridgehead atoms. The average molecular weight is 242 g/mol. The highest BCUT2D eigenvalue weighted by Crippen LogP contribution is 2.17. The molecule has 13 heavy (non-hydrogen) atoms. The Labute approximate surface area is 79.1 Å². The molecule has 72 valence electrons. The highest BCUT2D eigenvalue weighted by molar-refractivity contribution is 8.75. The summed E-state index contributed by atoms with van der Waals surface area (Å²) in [5.41, 5.74) is 0. The van der Waals surface area contributed by atoms with Crippen molar-refractivity contribution < 1.29 is 16.8 Å². The Morgan fingerprint density at radius 1 is 1.15 bits per heavy atom. The van der Waals surface area contributed by atoms with Crippen molar-refractivity contribution in [3.05, 3.63) is 24.4 Å². The molecule has 1 aromatic rings. The monoisotopic (exact) mass is 241 g/mol. The molecule has 1 rings (SSSR count). The molecule has 0 amide bonds. The van der Waals surface area contributed by atoms with E-state index in [1.807, 2.05) is 0 Å². The Hall–Kier alpha value is -0.660. The SMILES string of the molecule is O=S(=O)(Cl)S(=O)(=O)c1ccccn1. The predicted molar refractivity (Wildman–Crippen MR) is 46.2 cm³/mol. The van der Waals surface area contributed by atoms with Crippen LogP contribution in [0.15, 0.2) is 29.4 Å². The van der Waals surface area contributed by atoms with E-state index in [0.717, 1.165) is 12.3 Å². The van der Waals surface area contributed by atoms with Crippen molar-refractivity contribution in [2.24, 2.45) is 0 Å². The minimum Gasteiger partial charge on any atom is -0.244 e. The van der Waals surface area contributed by atoms with Gasteiger partial charge in [0.05, 0.1) is 0 Å². The average Bonchev–Trinajstić information content (AvgIpc) is 2.04. The molecule has 0 aliphatic heterocycles. The van der Waals surface area contributed by atoms with E-state index in [2.05, 4.69) is 4.98 Å². The number of nitrogens with zero attached hydrogens (tertiary/aromatic N) is 1. The quantitative estimate of drug-likeness (QED) is 0.551. The Morgan fingerprint density at radius 2 is 1.77 bits per heavy atom. The lowest BCUT2D eigenvalue weighted by Gasteiger charge is -1.96. The van der Waals surface area contributed by atoms with Gasteiger partial charge < -0.3 is 0 Å². The van der Waals surface area contributed by atoms with Gasteiger partial charge in [-0.05, 0) is 12.1 Å². The maximum atomic E-state index is 11.1. The lowest BCUT2D eigenvalue weighted by Crippen LogP contribution is -2.10. The normalized spacial score (nSPS) is 12.7. The largest absolute Gasteiger partial charge is 0.343 e. The van der Waals surface area contributed by atoms with E-state index in [9.17, 15) is 16.8 Å². The first-order chi connectivity index (χ1) is 5.86. The maximum Gasteiger partial charge on any atom is 0.343 e. The number of hydrogen-bond donors (Lipinski definition) is 0. The molecule has 0 atom stereocenters. The number of aromatic nitrogens is 1.